The Kier molecular flexibility index (Phi) is 9.49. The number of hydrogen-bond donors (Lipinski definition) is 2. The zero-order valence-corrected chi connectivity index (χ0v) is 16.9. The van der Waals surface area contributed by atoms with Crippen molar-refractivity contribution in [3.63, 3.8) is 0 Å². The second-order valence-corrected chi connectivity index (χ2v) is 8.03. The van der Waals surface area contributed by atoms with Crippen LogP contribution in [0.4, 0.5) is 4.79 Å². The van der Waals surface area contributed by atoms with E-state index in [4.69, 9.17) is 0 Å². The largest absolute Gasteiger partial charge is 0.350 e. The van der Waals surface area contributed by atoms with E-state index in [-0.39, 0.29) is 11.9 Å². The van der Waals surface area contributed by atoms with Crippen molar-refractivity contribution >= 4 is 23.3 Å². The first-order chi connectivity index (χ1) is 11.8. The maximum absolute atomic E-state index is 12.4. The number of carbonyl (C=O) groups excluding carboxylic acids is 2. The van der Waals surface area contributed by atoms with Crippen LogP contribution in [0.2, 0.25) is 0 Å². The van der Waals surface area contributed by atoms with E-state index in [1.807, 2.05) is 13.8 Å². The number of rotatable bonds is 10. The van der Waals surface area contributed by atoms with Crippen molar-refractivity contribution in [3.05, 3.63) is 16.1 Å². The van der Waals surface area contributed by atoms with Crippen LogP contribution in [0.3, 0.4) is 0 Å². The monoisotopic (exact) mass is 368 g/mol. The van der Waals surface area contributed by atoms with Crippen LogP contribution in [0.1, 0.15) is 63.0 Å². The Balaban J connectivity index is 2.67. The highest BCUT2D eigenvalue weighted by atomic mass is 32.1. The molecule has 1 rings (SSSR count). The van der Waals surface area contributed by atoms with Crippen LogP contribution in [-0.2, 0) is 6.54 Å². The summed E-state index contributed by atoms with van der Waals surface area (Å²) in [5.74, 6) is 0.611. The van der Waals surface area contributed by atoms with Crippen LogP contribution in [-0.4, -0.2) is 41.5 Å². The Labute approximate surface area is 155 Å². The highest BCUT2D eigenvalue weighted by molar-refractivity contribution is 7.09. The number of carbonyl (C=O) groups is 2. The molecule has 0 atom stereocenters. The lowest BCUT2D eigenvalue weighted by Crippen LogP contribution is -2.41. The number of nitrogens with zero attached hydrogens (tertiary/aromatic N) is 2. The summed E-state index contributed by atoms with van der Waals surface area (Å²) in [6, 6.07) is -0.0665. The van der Waals surface area contributed by atoms with E-state index in [1.54, 1.807) is 10.3 Å². The van der Waals surface area contributed by atoms with Gasteiger partial charge < -0.3 is 15.5 Å². The number of amides is 3. The molecule has 0 unspecified atom stereocenters. The van der Waals surface area contributed by atoms with E-state index < -0.39 is 0 Å². The first-order valence-electron chi connectivity index (χ1n) is 9.08. The first kappa shape index (κ1) is 21.4. The molecule has 0 bridgehead atoms. The fraction of sp³-hybridized carbons (Fsp3) is 0.722. The molecule has 7 heteroatoms. The van der Waals surface area contributed by atoms with Gasteiger partial charge in [-0.25, -0.2) is 9.78 Å². The maximum atomic E-state index is 12.4. The van der Waals surface area contributed by atoms with Crippen LogP contribution in [0.5, 0.6) is 0 Å². The molecule has 25 heavy (non-hydrogen) atoms. The number of aromatic nitrogens is 1. The summed E-state index contributed by atoms with van der Waals surface area (Å²) in [5, 5.41) is 8.36. The minimum Gasteiger partial charge on any atom is -0.350 e. The number of unbranched alkanes of at least 4 members (excludes halogenated alkanes) is 1. The Morgan fingerprint density at radius 3 is 2.52 bits per heavy atom. The molecule has 6 nitrogen and oxygen atoms in total. The molecular weight excluding hydrogens is 336 g/mol. The summed E-state index contributed by atoms with van der Waals surface area (Å²) in [5.41, 5.74) is 0.427. The predicted octanol–water partition coefficient (Wildman–Crippen LogP) is 3.50. The molecule has 1 aromatic rings. The molecule has 0 spiro atoms. The third-order valence-corrected chi connectivity index (χ3v) is 4.29. The van der Waals surface area contributed by atoms with Crippen LogP contribution in [0.15, 0.2) is 5.38 Å². The Morgan fingerprint density at radius 1 is 1.20 bits per heavy atom. The lowest BCUT2D eigenvalue weighted by molar-refractivity contribution is 0.0944. The zero-order chi connectivity index (χ0) is 18.8. The molecule has 0 aliphatic rings. The van der Waals surface area contributed by atoms with E-state index in [0.29, 0.717) is 43.7 Å². The number of urea groups is 1. The van der Waals surface area contributed by atoms with Crippen molar-refractivity contribution < 1.29 is 9.59 Å². The zero-order valence-electron chi connectivity index (χ0n) is 16.1. The minimum atomic E-state index is -0.154. The van der Waals surface area contributed by atoms with Crippen LogP contribution < -0.4 is 10.6 Å². The molecule has 1 aromatic heterocycles. The van der Waals surface area contributed by atoms with Crippen molar-refractivity contribution in [2.75, 3.05) is 19.6 Å². The second kappa shape index (κ2) is 11.1. The highest BCUT2D eigenvalue weighted by Crippen LogP contribution is 2.14. The molecule has 1 heterocycles. The van der Waals surface area contributed by atoms with Gasteiger partial charge in [0.25, 0.3) is 5.91 Å². The molecule has 0 aliphatic carbocycles. The summed E-state index contributed by atoms with van der Waals surface area (Å²) in [6.07, 6.45) is 2.02. The minimum absolute atomic E-state index is 0.0665. The average molecular weight is 369 g/mol. The summed E-state index contributed by atoms with van der Waals surface area (Å²) >= 11 is 1.42. The van der Waals surface area contributed by atoms with E-state index in [9.17, 15) is 9.59 Å². The molecular formula is C18H32N4O2S. The van der Waals surface area contributed by atoms with Gasteiger partial charge in [-0.15, -0.1) is 11.3 Å². The summed E-state index contributed by atoms with van der Waals surface area (Å²) in [4.78, 5) is 30.6. The third kappa shape index (κ3) is 8.34. The van der Waals surface area contributed by atoms with Crippen LogP contribution >= 0.6 is 11.3 Å². The van der Waals surface area contributed by atoms with Crippen molar-refractivity contribution in [1.29, 1.82) is 0 Å². The van der Waals surface area contributed by atoms with E-state index >= 15 is 0 Å². The fourth-order valence-corrected chi connectivity index (χ4v) is 2.97. The van der Waals surface area contributed by atoms with Gasteiger partial charge in [-0.05, 0) is 18.3 Å². The smallest absolute Gasteiger partial charge is 0.317 e. The Morgan fingerprint density at radius 2 is 1.92 bits per heavy atom. The van der Waals surface area contributed by atoms with E-state index in [2.05, 4.69) is 36.4 Å². The third-order valence-electron chi connectivity index (χ3n) is 3.46. The van der Waals surface area contributed by atoms with Crippen molar-refractivity contribution in [3.8, 4) is 0 Å². The van der Waals surface area contributed by atoms with Gasteiger partial charge in [0.15, 0.2) is 0 Å². The van der Waals surface area contributed by atoms with Gasteiger partial charge in [-0.2, -0.15) is 0 Å². The number of thiazole rings is 1. The van der Waals surface area contributed by atoms with Gasteiger partial charge in [-0.3, -0.25) is 4.79 Å². The van der Waals surface area contributed by atoms with Crippen molar-refractivity contribution in [1.82, 2.24) is 20.5 Å². The van der Waals surface area contributed by atoms with E-state index in [1.165, 1.54) is 11.3 Å². The van der Waals surface area contributed by atoms with Gasteiger partial charge in [0.2, 0.25) is 0 Å². The Hall–Kier alpha value is -1.63. The molecule has 3 amide bonds. The van der Waals surface area contributed by atoms with Gasteiger partial charge in [-0.1, -0.05) is 41.0 Å². The molecule has 0 saturated carbocycles. The van der Waals surface area contributed by atoms with Crippen molar-refractivity contribution in [2.24, 2.45) is 11.8 Å². The molecule has 0 radical (unpaired) electrons. The molecule has 0 aromatic carbocycles. The van der Waals surface area contributed by atoms with Crippen molar-refractivity contribution in [2.45, 2.75) is 54.0 Å². The van der Waals surface area contributed by atoms with Gasteiger partial charge in [0.05, 0.1) is 6.54 Å². The maximum Gasteiger partial charge on any atom is 0.317 e. The summed E-state index contributed by atoms with van der Waals surface area (Å²) in [6.45, 7) is 12.8. The quantitative estimate of drug-likeness (QED) is 0.621. The topological polar surface area (TPSA) is 74.3 Å². The summed E-state index contributed by atoms with van der Waals surface area (Å²) < 4.78 is 0. The first-order valence-corrected chi connectivity index (χ1v) is 9.96. The second-order valence-electron chi connectivity index (χ2n) is 7.09. The fourth-order valence-electron chi connectivity index (χ4n) is 2.18. The van der Waals surface area contributed by atoms with Gasteiger partial charge in [0, 0.05) is 25.0 Å². The number of hydrogen-bond acceptors (Lipinski definition) is 4. The SMILES string of the molecule is CCCCNC(=O)N(Cc1nc(C(=O)NCC(C)C)cs1)CC(C)C. The van der Waals surface area contributed by atoms with Crippen LogP contribution in [0, 0.1) is 11.8 Å². The molecule has 0 aliphatic heterocycles. The van der Waals surface area contributed by atoms with Gasteiger partial charge in [0.1, 0.15) is 10.7 Å². The highest BCUT2D eigenvalue weighted by Gasteiger charge is 2.18. The normalized spacial score (nSPS) is 11.0. The van der Waals surface area contributed by atoms with Crippen LogP contribution in [0.25, 0.3) is 0 Å². The lowest BCUT2D eigenvalue weighted by atomic mass is 10.2. The number of nitrogens with one attached hydrogen (secondary N) is 2. The molecule has 0 saturated heterocycles. The molecule has 142 valence electrons. The predicted molar refractivity (Wildman–Crippen MR) is 103 cm³/mol. The standard InChI is InChI=1S/C18H32N4O2S/c1-6-7-8-19-18(24)22(10-14(4)5)11-16-21-15(12-25-16)17(23)20-9-13(2)3/h12-14H,6-11H2,1-5H3,(H,19,24)(H,20,23). The summed E-state index contributed by atoms with van der Waals surface area (Å²) in [7, 11) is 0. The average Bonchev–Trinajstić information content (AvgIpc) is 3.00. The van der Waals surface area contributed by atoms with E-state index in [0.717, 1.165) is 17.8 Å². The van der Waals surface area contributed by atoms with Gasteiger partial charge >= 0.3 is 6.03 Å². The molecule has 0 fully saturated rings. The Bertz CT molecular complexity index is 543. The lowest BCUT2D eigenvalue weighted by Gasteiger charge is -2.24. The molecule has 2 N–H and O–H groups in total.